The van der Waals surface area contributed by atoms with Crippen molar-refractivity contribution in [2.75, 3.05) is 6.54 Å². The third kappa shape index (κ3) is 2.63. The number of likely N-dealkylation sites (N-methyl/N-ethyl adjacent to an activating group) is 1. The van der Waals surface area contributed by atoms with E-state index in [2.05, 4.69) is 32.2 Å². The standard InChI is InChI=1S/C11H21N/c1-4-12-11-7-5-6-10(8-11)9(2)3/h8-9,11-12H,4-7H2,1-3H3. The number of hydrogen-bond donors (Lipinski definition) is 1. The topological polar surface area (TPSA) is 12.0 Å². The van der Waals surface area contributed by atoms with Crippen molar-refractivity contribution in [1.82, 2.24) is 5.32 Å². The van der Waals surface area contributed by atoms with E-state index in [1.54, 1.807) is 5.57 Å². The summed E-state index contributed by atoms with van der Waals surface area (Å²) in [4.78, 5) is 0. The van der Waals surface area contributed by atoms with Gasteiger partial charge in [0.1, 0.15) is 0 Å². The summed E-state index contributed by atoms with van der Waals surface area (Å²) in [5, 5.41) is 3.49. The van der Waals surface area contributed by atoms with E-state index < -0.39 is 0 Å². The molecule has 1 unspecified atom stereocenters. The van der Waals surface area contributed by atoms with Crippen LogP contribution in [0.15, 0.2) is 11.6 Å². The Morgan fingerprint density at radius 1 is 1.58 bits per heavy atom. The monoisotopic (exact) mass is 167 g/mol. The zero-order valence-electron chi connectivity index (χ0n) is 8.56. The van der Waals surface area contributed by atoms with Gasteiger partial charge in [-0.3, -0.25) is 0 Å². The van der Waals surface area contributed by atoms with Gasteiger partial charge in [0.2, 0.25) is 0 Å². The maximum Gasteiger partial charge on any atom is 0.0252 e. The van der Waals surface area contributed by atoms with Gasteiger partial charge in [-0.25, -0.2) is 0 Å². The van der Waals surface area contributed by atoms with Crippen LogP contribution in [-0.2, 0) is 0 Å². The highest BCUT2D eigenvalue weighted by Crippen LogP contribution is 2.23. The summed E-state index contributed by atoms with van der Waals surface area (Å²) in [6.45, 7) is 7.85. The van der Waals surface area contributed by atoms with Crippen LogP contribution in [0, 0.1) is 5.92 Å². The van der Waals surface area contributed by atoms with Crippen LogP contribution in [0.25, 0.3) is 0 Å². The van der Waals surface area contributed by atoms with E-state index >= 15 is 0 Å². The lowest BCUT2D eigenvalue weighted by Crippen LogP contribution is -2.29. The predicted octanol–water partition coefficient (Wildman–Crippen LogP) is 2.73. The fraction of sp³-hybridized carbons (Fsp3) is 0.818. The second-order valence-electron chi connectivity index (χ2n) is 3.95. The SMILES string of the molecule is CCNC1C=C(C(C)C)CCC1. The molecule has 0 bridgehead atoms. The molecule has 0 aromatic heterocycles. The molecule has 1 rings (SSSR count). The molecule has 0 saturated carbocycles. The molecule has 1 aliphatic rings. The Morgan fingerprint density at radius 2 is 2.33 bits per heavy atom. The molecule has 12 heavy (non-hydrogen) atoms. The first-order valence-electron chi connectivity index (χ1n) is 5.18. The van der Waals surface area contributed by atoms with E-state index in [1.165, 1.54) is 19.3 Å². The van der Waals surface area contributed by atoms with Crippen LogP contribution >= 0.6 is 0 Å². The highest BCUT2D eigenvalue weighted by atomic mass is 14.9. The molecular formula is C11H21N. The van der Waals surface area contributed by atoms with E-state index in [4.69, 9.17) is 0 Å². The van der Waals surface area contributed by atoms with Crippen molar-refractivity contribution >= 4 is 0 Å². The third-order valence-corrected chi connectivity index (χ3v) is 2.60. The average molecular weight is 167 g/mol. The van der Waals surface area contributed by atoms with Crippen molar-refractivity contribution in [2.24, 2.45) is 5.92 Å². The van der Waals surface area contributed by atoms with Crippen molar-refractivity contribution in [3.63, 3.8) is 0 Å². The van der Waals surface area contributed by atoms with Gasteiger partial charge in [-0.1, -0.05) is 32.4 Å². The molecule has 1 nitrogen and oxygen atoms in total. The first kappa shape index (κ1) is 9.79. The maximum atomic E-state index is 3.49. The van der Waals surface area contributed by atoms with E-state index in [9.17, 15) is 0 Å². The molecule has 1 aliphatic carbocycles. The first-order valence-corrected chi connectivity index (χ1v) is 5.18. The zero-order valence-corrected chi connectivity index (χ0v) is 8.56. The summed E-state index contributed by atoms with van der Waals surface area (Å²) < 4.78 is 0. The summed E-state index contributed by atoms with van der Waals surface area (Å²) in [6.07, 6.45) is 6.45. The van der Waals surface area contributed by atoms with Crippen LogP contribution in [-0.4, -0.2) is 12.6 Å². The van der Waals surface area contributed by atoms with E-state index in [0.29, 0.717) is 6.04 Å². The van der Waals surface area contributed by atoms with Crippen molar-refractivity contribution in [1.29, 1.82) is 0 Å². The smallest absolute Gasteiger partial charge is 0.0252 e. The first-order chi connectivity index (χ1) is 5.74. The number of rotatable bonds is 3. The highest BCUT2D eigenvalue weighted by Gasteiger charge is 2.13. The zero-order chi connectivity index (χ0) is 8.97. The van der Waals surface area contributed by atoms with Gasteiger partial charge < -0.3 is 5.32 Å². The maximum absolute atomic E-state index is 3.49. The molecule has 0 aromatic carbocycles. The molecule has 0 spiro atoms. The summed E-state index contributed by atoms with van der Waals surface area (Å²) in [5.41, 5.74) is 1.65. The van der Waals surface area contributed by atoms with E-state index in [0.717, 1.165) is 12.5 Å². The third-order valence-electron chi connectivity index (χ3n) is 2.60. The van der Waals surface area contributed by atoms with Crippen molar-refractivity contribution < 1.29 is 0 Å². The Balaban J connectivity index is 2.51. The summed E-state index contributed by atoms with van der Waals surface area (Å²) in [7, 11) is 0. The van der Waals surface area contributed by atoms with Gasteiger partial charge in [0.15, 0.2) is 0 Å². The summed E-state index contributed by atoms with van der Waals surface area (Å²) >= 11 is 0. The Morgan fingerprint density at radius 3 is 2.92 bits per heavy atom. The Hall–Kier alpha value is -0.300. The summed E-state index contributed by atoms with van der Waals surface area (Å²) in [5.74, 6) is 0.742. The normalized spacial score (nSPS) is 24.3. The lowest BCUT2D eigenvalue weighted by atomic mass is 9.89. The molecule has 1 heteroatoms. The quantitative estimate of drug-likeness (QED) is 0.637. The van der Waals surface area contributed by atoms with Gasteiger partial charge in [0.25, 0.3) is 0 Å². The molecule has 1 N–H and O–H groups in total. The molecular weight excluding hydrogens is 146 g/mol. The predicted molar refractivity (Wildman–Crippen MR) is 54.2 cm³/mol. The molecule has 0 saturated heterocycles. The molecule has 0 aliphatic heterocycles. The fourth-order valence-corrected chi connectivity index (χ4v) is 1.86. The Labute approximate surface area is 76.2 Å². The minimum Gasteiger partial charge on any atom is -0.311 e. The Bertz CT molecular complexity index is 158. The molecule has 0 aromatic rings. The van der Waals surface area contributed by atoms with Crippen LogP contribution in [0.2, 0.25) is 0 Å². The van der Waals surface area contributed by atoms with Gasteiger partial charge in [-0.2, -0.15) is 0 Å². The fourth-order valence-electron chi connectivity index (χ4n) is 1.86. The van der Waals surface area contributed by atoms with Crippen molar-refractivity contribution in [3.8, 4) is 0 Å². The van der Waals surface area contributed by atoms with Crippen LogP contribution in [0.4, 0.5) is 0 Å². The summed E-state index contributed by atoms with van der Waals surface area (Å²) in [6, 6.07) is 0.654. The molecule has 1 atom stereocenters. The largest absolute Gasteiger partial charge is 0.311 e. The number of nitrogens with one attached hydrogen (secondary N) is 1. The van der Waals surface area contributed by atoms with Gasteiger partial charge >= 0.3 is 0 Å². The molecule has 0 fully saturated rings. The molecule has 0 amide bonds. The number of hydrogen-bond acceptors (Lipinski definition) is 1. The highest BCUT2D eigenvalue weighted by molar-refractivity contribution is 5.12. The molecule has 0 heterocycles. The van der Waals surface area contributed by atoms with E-state index in [1.807, 2.05) is 0 Å². The van der Waals surface area contributed by atoms with Crippen molar-refractivity contribution in [3.05, 3.63) is 11.6 Å². The van der Waals surface area contributed by atoms with E-state index in [-0.39, 0.29) is 0 Å². The van der Waals surface area contributed by atoms with Gasteiger partial charge in [0, 0.05) is 6.04 Å². The number of allylic oxidation sites excluding steroid dienone is 1. The van der Waals surface area contributed by atoms with Crippen molar-refractivity contribution in [2.45, 2.75) is 46.1 Å². The molecule has 0 radical (unpaired) electrons. The minimum atomic E-state index is 0.654. The Kier molecular flexibility index (Phi) is 3.80. The van der Waals surface area contributed by atoms with Crippen LogP contribution in [0.3, 0.4) is 0 Å². The second-order valence-corrected chi connectivity index (χ2v) is 3.95. The average Bonchev–Trinajstić information content (AvgIpc) is 2.05. The van der Waals surface area contributed by atoms with Gasteiger partial charge in [-0.05, 0) is 31.7 Å². The minimum absolute atomic E-state index is 0.654. The second kappa shape index (κ2) is 4.66. The lowest BCUT2D eigenvalue weighted by molar-refractivity contribution is 0.505. The van der Waals surface area contributed by atoms with Crippen LogP contribution in [0.5, 0.6) is 0 Å². The lowest BCUT2D eigenvalue weighted by Gasteiger charge is -2.23. The van der Waals surface area contributed by atoms with Gasteiger partial charge in [-0.15, -0.1) is 0 Å². The van der Waals surface area contributed by atoms with Gasteiger partial charge in [0.05, 0.1) is 0 Å². The van der Waals surface area contributed by atoms with Crippen LogP contribution < -0.4 is 5.32 Å². The van der Waals surface area contributed by atoms with Crippen LogP contribution in [0.1, 0.15) is 40.0 Å². The molecule has 70 valence electrons.